The van der Waals surface area contributed by atoms with Gasteiger partial charge in [0.15, 0.2) is 0 Å². The van der Waals surface area contributed by atoms with Gasteiger partial charge in [0.25, 0.3) is 0 Å². The van der Waals surface area contributed by atoms with Gasteiger partial charge in [-0.2, -0.15) is 0 Å². The Hall–Kier alpha value is -0.380. The van der Waals surface area contributed by atoms with Crippen molar-refractivity contribution >= 4 is 0 Å². The summed E-state index contributed by atoms with van der Waals surface area (Å²) < 4.78 is 0. The molecule has 0 aromatic carbocycles. The molecule has 3 N–H and O–H groups in total. The molecule has 1 saturated carbocycles. The molecule has 2 rings (SSSR count). The Bertz CT molecular complexity index is 344. The molecular formula is C15H26O3. The summed E-state index contributed by atoms with van der Waals surface area (Å²) in [5, 5.41) is 29.9. The topological polar surface area (TPSA) is 60.7 Å². The number of rotatable bonds is 2. The molecule has 0 amide bonds. The van der Waals surface area contributed by atoms with Crippen LogP contribution in [0.4, 0.5) is 0 Å². The lowest BCUT2D eigenvalue weighted by atomic mass is 9.78. The number of aliphatic hydroxyl groups is 3. The highest BCUT2D eigenvalue weighted by atomic mass is 16.3. The molecule has 0 aromatic heterocycles. The zero-order valence-corrected chi connectivity index (χ0v) is 11.7. The molecule has 0 spiro atoms. The van der Waals surface area contributed by atoms with E-state index in [1.165, 1.54) is 5.57 Å². The van der Waals surface area contributed by atoms with Crippen LogP contribution in [0.5, 0.6) is 0 Å². The maximum atomic E-state index is 10.7. The van der Waals surface area contributed by atoms with E-state index in [0.29, 0.717) is 6.42 Å². The van der Waals surface area contributed by atoms with E-state index in [4.69, 9.17) is 0 Å². The summed E-state index contributed by atoms with van der Waals surface area (Å²) >= 11 is 0. The average molecular weight is 254 g/mol. The highest BCUT2D eigenvalue weighted by molar-refractivity contribution is 5.27. The van der Waals surface area contributed by atoms with Gasteiger partial charge in [-0.05, 0) is 37.5 Å². The molecule has 1 fully saturated rings. The maximum Gasteiger partial charge on any atom is 0.0685 e. The van der Waals surface area contributed by atoms with Crippen molar-refractivity contribution in [1.82, 2.24) is 0 Å². The van der Waals surface area contributed by atoms with Crippen LogP contribution in [-0.2, 0) is 0 Å². The van der Waals surface area contributed by atoms with Gasteiger partial charge in [0.05, 0.1) is 5.60 Å². The Morgan fingerprint density at radius 2 is 1.89 bits per heavy atom. The molecule has 4 unspecified atom stereocenters. The maximum absolute atomic E-state index is 10.7. The Morgan fingerprint density at radius 1 is 1.22 bits per heavy atom. The molecule has 4 atom stereocenters. The molecule has 18 heavy (non-hydrogen) atoms. The third-order valence-electron chi connectivity index (χ3n) is 4.89. The highest BCUT2D eigenvalue weighted by Crippen LogP contribution is 2.52. The van der Waals surface area contributed by atoms with E-state index in [9.17, 15) is 15.3 Å². The first-order valence-corrected chi connectivity index (χ1v) is 6.97. The first-order chi connectivity index (χ1) is 8.30. The number of aliphatic hydroxyl groups excluding tert-OH is 2. The highest BCUT2D eigenvalue weighted by Gasteiger charge is 2.48. The largest absolute Gasteiger partial charge is 0.396 e. The molecule has 0 aliphatic heterocycles. The van der Waals surface area contributed by atoms with Crippen LogP contribution in [0.25, 0.3) is 0 Å². The minimum Gasteiger partial charge on any atom is -0.396 e. The van der Waals surface area contributed by atoms with Crippen molar-refractivity contribution in [3.05, 3.63) is 11.6 Å². The van der Waals surface area contributed by atoms with Crippen molar-refractivity contribution in [3.8, 4) is 0 Å². The van der Waals surface area contributed by atoms with Crippen molar-refractivity contribution in [2.45, 2.75) is 45.6 Å². The number of hydrogen-bond donors (Lipinski definition) is 3. The molecule has 0 saturated heterocycles. The first-order valence-electron chi connectivity index (χ1n) is 6.97. The van der Waals surface area contributed by atoms with Gasteiger partial charge in [-0.3, -0.25) is 0 Å². The van der Waals surface area contributed by atoms with Gasteiger partial charge in [0, 0.05) is 25.0 Å². The van der Waals surface area contributed by atoms with Gasteiger partial charge in [0.2, 0.25) is 0 Å². The standard InChI is InChI=1S/C15H26O3/c1-14(2)6-11-12(9-17)10(8-16)4-5-15(3,18)13(11)7-14/h6,10,12-13,16-18H,4-5,7-9H2,1-3H3. The van der Waals surface area contributed by atoms with Crippen LogP contribution >= 0.6 is 0 Å². The molecule has 0 radical (unpaired) electrons. The lowest BCUT2D eigenvalue weighted by Gasteiger charge is -2.32. The molecule has 0 bridgehead atoms. The summed E-state index contributed by atoms with van der Waals surface area (Å²) in [4.78, 5) is 0. The third-order valence-corrected chi connectivity index (χ3v) is 4.89. The summed E-state index contributed by atoms with van der Waals surface area (Å²) in [5.74, 6) is 0.212. The van der Waals surface area contributed by atoms with E-state index in [0.717, 1.165) is 12.8 Å². The van der Waals surface area contributed by atoms with Gasteiger partial charge in [-0.1, -0.05) is 25.5 Å². The van der Waals surface area contributed by atoms with Crippen molar-refractivity contribution in [3.63, 3.8) is 0 Å². The molecule has 3 nitrogen and oxygen atoms in total. The predicted octanol–water partition coefficient (Wildman–Crippen LogP) is 1.72. The van der Waals surface area contributed by atoms with Crippen LogP contribution in [0.2, 0.25) is 0 Å². The fourth-order valence-electron chi connectivity index (χ4n) is 3.80. The Labute approximate surface area is 110 Å². The minimum absolute atomic E-state index is 0.00995. The molecular weight excluding hydrogens is 228 g/mol. The fourth-order valence-corrected chi connectivity index (χ4v) is 3.80. The van der Waals surface area contributed by atoms with E-state index in [1.807, 2.05) is 6.92 Å². The van der Waals surface area contributed by atoms with E-state index < -0.39 is 5.60 Å². The lowest BCUT2D eigenvalue weighted by molar-refractivity contribution is -0.000443. The van der Waals surface area contributed by atoms with Crippen LogP contribution in [-0.4, -0.2) is 34.1 Å². The molecule has 2 aliphatic carbocycles. The third kappa shape index (κ3) is 2.36. The second-order valence-electron chi connectivity index (χ2n) is 7.02. The van der Waals surface area contributed by atoms with Crippen LogP contribution in [0.15, 0.2) is 11.6 Å². The number of hydrogen-bond acceptors (Lipinski definition) is 3. The van der Waals surface area contributed by atoms with Gasteiger partial charge >= 0.3 is 0 Å². The monoisotopic (exact) mass is 254 g/mol. The zero-order valence-electron chi connectivity index (χ0n) is 11.7. The quantitative estimate of drug-likeness (QED) is 0.658. The average Bonchev–Trinajstić information content (AvgIpc) is 2.56. The summed E-state index contributed by atoms with van der Waals surface area (Å²) in [5.41, 5.74) is 0.537. The predicted molar refractivity (Wildman–Crippen MR) is 71.0 cm³/mol. The second-order valence-corrected chi connectivity index (χ2v) is 7.02. The summed E-state index contributed by atoms with van der Waals surface area (Å²) in [6.45, 7) is 6.41. The van der Waals surface area contributed by atoms with Crippen LogP contribution in [0, 0.1) is 23.2 Å². The Kier molecular flexibility index (Phi) is 3.60. The van der Waals surface area contributed by atoms with Crippen molar-refractivity contribution in [2.75, 3.05) is 13.2 Å². The van der Waals surface area contributed by atoms with Gasteiger partial charge in [-0.25, -0.2) is 0 Å². The van der Waals surface area contributed by atoms with Gasteiger partial charge < -0.3 is 15.3 Å². The normalized spacial score (nSPS) is 43.2. The van der Waals surface area contributed by atoms with E-state index in [-0.39, 0.29) is 36.4 Å². The molecule has 0 aromatic rings. The molecule has 0 heterocycles. The molecule has 3 heteroatoms. The van der Waals surface area contributed by atoms with Crippen LogP contribution < -0.4 is 0 Å². The van der Waals surface area contributed by atoms with Gasteiger partial charge in [-0.15, -0.1) is 0 Å². The van der Waals surface area contributed by atoms with Crippen molar-refractivity contribution in [2.24, 2.45) is 23.2 Å². The Morgan fingerprint density at radius 3 is 2.44 bits per heavy atom. The first kappa shape index (κ1) is 14.0. The van der Waals surface area contributed by atoms with Crippen LogP contribution in [0.3, 0.4) is 0 Å². The number of fused-ring (bicyclic) bond motifs is 1. The van der Waals surface area contributed by atoms with Crippen molar-refractivity contribution < 1.29 is 15.3 Å². The summed E-state index contributed by atoms with van der Waals surface area (Å²) in [6.07, 6.45) is 4.64. The Balaban J connectivity index is 2.40. The van der Waals surface area contributed by atoms with Crippen molar-refractivity contribution in [1.29, 1.82) is 0 Å². The lowest BCUT2D eigenvalue weighted by Crippen LogP contribution is -2.35. The van der Waals surface area contributed by atoms with E-state index in [1.54, 1.807) is 0 Å². The SMILES string of the molecule is CC1(C)C=C2C(CO)C(CO)CCC(C)(O)C2C1. The van der Waals surface area contributed by atoms with Crippen LogP contribution in [0.1, 0.15) is 40.0 Å². The second kappa shape index (κ2) is 4.62. The summed E-state index contributed by atoms with van der Waals surface area (Å²) in [6, 6.07) is 0. The number of allylic oxidation sites excluding steroid dienone is 1. The van der Waals surface area contributed by atoms with E-state index >= 15 is 0 Å². The summed E-state index contributed by atoms with van der Waals surface area (Å²) in [7, 11) is 0. The fraction of sp³-hybridized carbons (Fsp3) is 0.867. The van der Waals surface area contributed by atoms with E-state index in [2.05, 4.69) is 19.9 Å². The molecule has 2 aliphatic rings. The zero-order chi connectivity index (χ0) is 13.6. The van der Waals surface area contributed by atoms with Gasteiger partial charge in [0.1, 0.15) is 0 Å². The smallest absolute Gasteiger partial charge is 0.0685 e. The molecule has 104 valence electrons. The minimum atomic E-state index is -0.711.